The van der Waals surface area contributed by atoms with Gasteiger partial charge in [-0.15, -0.1) is 11.8 Å². The monoisotopic (exact) mass is 396 g/mol. The van der Waals surface area contributed by atoms with E-state index in [-0.39, 0.29) is 21.2 Å². The summed E-state index contributed by atoms with van der Waals surface area (Å²) in [5.74, 6) is -1.97. The van der Waals surface area contributed by atoms with Crippen LogP contribution < -0.4 is 11.2 Å². The molecule has 0 saturated heterocycles. The number of hydrogen-bond donors (Lipinski definition) is 0. The van der Waals surface area contributed by atoms with Gasteiger partial charge in [0.25, 0.3) is 5.56 Å². The average Bonchev–Trinajstić information content (AvgIpc) is 2.51. The summed E-state index contributed by atoms with van der Waals surface area (Å²) in [5.41, 5.74) is -1.76. The van der Waals surface area contributed by atoms with Gasteiger partial charge >= 0.3 is 11.9 Å². The van der Waals surface area contributed by atoms with E-state index in [0.29, 0.717) is 17.3 Å². The first kappa shape index (κ1) is 19.6. The fourth-order valence-corrected chi connectivity index (χ4v) is 3.27. The van der Waals surface area contributed by atoms with Crippen molar-refractivity contribution in [2.75, 3.05) is 5.75 Å². The topological polar surface area (TPSA) is 44.0 Å². The molecule has 0 aliphatic heterocycles. The van der Waals surface area contributed by atoms with Crippen LogP contribution >= 0.6 is 23.4 Å². The summed E-state index contributed by atoms with van der Waals surface area (Å²) in [4.78, 5) is 24.3. The lowest BCUT2D eigenvalue weighted by Crippen LogP contribution is -2.38. The van der Waals surface area contributed by atoms with E-state index in [1.165, 1.54) is 21.0 Å². The normalized spacial score (nSPS) is 11.8. The maximum atomic E-state index is 14.4. The van der Waals surface area contributed by atoms with Crippen molar-refractivity contribution in [3.05, 3.63) is 49.5 Å². The highest BCUT2D eigenvalue weighted by Crippen LogP contribution is 2.34. The summed E-state index contributed by atoms with van der Waals surface area (Å²) < 4.78 is 53.4. The first-order chi connectivity index (χ1) is 11.4. The summed E-state index contributed by atoms with van der Waals surface area (Å²) in [6, 6.07) is 2.18. The van der Waals surface area contributed by atoms with Gasteiger partial charge in [0.1, 0.15) is 11.0 Å². The van der Waals surface area contributed by atoms with Gasteiger partial charge in [-0.2, -0.15) is 13.2 Å². The third-order valence-corrected chi connectivity index (χ3v) is 5.18. The van der Waals surface area contributed by atoms with E-state index in [1.54, 1.807) is 0 Å². The Hall–Kier alpha value is -1.74. The molecule has 25 heavy (non-hydrogen) atoms. The van der Waals surface area contributed by atoms with Crippen LogP contribution in [0.3, 0.4) is 0 Å². The summed E-state index contributed by atoms with van der Waals surface area (Å²) in [6.45, 7) is 1.46. The third kappa shape index (κ3) is 3.92. The van der Waals surface area contributed by atoms with Crippen LogP contribution in [0.1, 0.15) is 5.56 Å². The molecule has 0 amide bonds. The molecule has 0 N–H and O–H groups in total. The van der Waals surface area contributed by atoms with Crippen molar-refractivity contribution >= 4 is 23.4 Å². The highest BCUT2D eigenvalue weighted by Gasteiger charge is 2.28. The molecule has 1 aromatic carbocycles. The Kier molecular flexibility index (Phi) is 5.38. The van der Waals surface area contributed by atoms with E-state index in [0.717, 1.165) is 21.3 Å². The molecule has 0 atom stereocenters. The number of nitrogens with zero attached hydrogens (tertiary/aromatic N) is 2. The predicted octanol–water partition coefficient (Wildman–Crippen LogP) is 3.51. The lowest BCUT2D eigenvalue weighted by molar-refractivity contribution is -0.105. The molecule has 0 spiro atoms. The number of benzene rings is 1. The van der Waals surface area contributed by atoms with Gasteiger partial charge in [0.15, 0.2) is 0 Å². The van der Waals surface area contributed by atoms with Gasteiger partial charge in [-0.1, -0.05) is 11.6 Å². The zero-order valence-corrected chi connectivity index (χ0v) is 14.9. The van der Waals surface area contributed by atoms with Crippen LogP contribution in [-0.2, 0) is 14.1 Å². The zero-order valence-electron chi connectivity index (χ0n) is 13.4. The van der Waals surface area contributed by atoms with Gasteiger partial charge in [0.2, 0.25) is 0 Å². The van der Waals surface area contributed by atoms with Crippen LogP contribution in [0, 0.1) is 12.7 Å². The van der Waals surface area contributed by atoms with Crippen LogP contribution in [0.15, 0.2) is 26.6 Å². The largest absolute Gasteiger partial charge is 0.398 e. The van der Waals surface area contributed by atoms with Gasteiger partial charge in [-0.25, -0.2) is 9.18 Å². The average molecular weight is 397 g/mol. The third-order valence-electron chi connectivity index (χ3n) is 3.52. The van der Waals surface area contributed by atoms with Crippen LogP contribution in [0.4, 0.5) is 17.6 Å². The molecule has 2 aromatic rings. The van der Waals surface area contributed by atoms with Crippen LogP contribution in [0.5, 0.6) is 0 Å². The number of aromatic nitrogens is 2. The second kappa shape index (κ2) is 6.87. The van der Waals surface area contributed by atoms with E-state index in [4.69, 9.17) is 11.6 Å². The molecule has 10 heteroatoms. The number of hydrogen-bond acceptors (Lipinski definition) is 3. The minimum Gasteiger partial charge on any atom is -0.286 e. The molecule has 0 aliphatic carbocycles. The molecule has 0 saturated carbocycles. The molecule has 0 unspecified atom stereocenters. The molecule has 0 aliphatic rings. The van der Waals surface area contributed by atoms with Gasteiger partial charge in [0, 0.05) is 24.6 Å². The van der Waals surface area contributed by atoms with E-state index in [9.17, 15) is 27.2 Å². The number of thioether (sulfide) groups is 1. The maximum Gasteiger partial charge on any atom is 0.398 e. The van der Waals surface area contributed by atoms with E-state index in [2.05, 4.69) is 0 Å². The smallest absolute Gasteiger partial charge is 0.286 e. The zero-order chi connectivity index (χ0) is 19.1. The van der Waals surface area contributed by atoms with Crippen molar-refractivity contribution in [3.8, 4) is 11.1 Å². The Balaban J connectivity index is 2.69. The molecule has 2 rings (SSSR count). The van der Waals surface area contributed by atoms with Crippen molar-refractivity contribution in [2.24, 2.45) is 14.1 Å². The number of alkyl halides is 3. The molecule has 0 fully saturated rings. The molecule has 4 nitrogen and oxygen atoms in total. The van der Waals surface area contributed by atoms with Gasteiger partial charge < -0.3 is 0 Å². The Morgan fingerprint density at radius 1 is 1.16 bits per heavy atom. The second-order valence-electron chi connectivity index (χ2n) is 5.37. The Labute approximate surface area is 149 Å². The SMILES string of the molecule is Cc1cc(F)c(-c2c(Cl)n(C)c(=O)n(C)c2=O)cc1SCC(F)(F)F. The fourth-order valence-electron chi connectivity index (χ4n) is 2.21. The van der Waals surface area contributed by atoms with Crippen LogP contribution in [-0.4, -0.2) is 21.1 Å². The molecule has 1 aromatic heterocycles. The lowest BCUT2D eigenvalue weighted by atomic mass is 10.1. The van der Waals surface area contributed by atoms with Gasteiger partial charge in [0.05, 0.1) is 11.3 Å². The predicted molar refractivity (Wildman–Crippen MR) is 88.8 cm³/mol. The van der Waals surface area contributed by atoms with Gasteiger partial charge in [-0.05, 0) is 24.6 Å². The quantitative estimate of drug-likeness (QED) is 0.453. The maximum absolute atomic E-state index is 14.4. The molecule has 0 bridgehead atoms. The fraction of sp³-hybridized carbons (Fsp3) is 0.333. The molecular formula is C15H13ClF4N2O2S. The van der Waals surface area contributed by atoms with Crippen molar-refractivity contribution in [1.82, 2.24) is 9.13 Å². The minimum atomic E-state index is -4.39. The molecule has 136 valence electrons. The van der Waals surface area contributed by atoms with E-state index >= 15 is 0 Å². The van der Waals surface area contributed by atoms with E-state index in [1.807, 2.05) is 0 Å². The summed E-state index contributed by atoms with van der Waals surface area (Å²) >= 11 is 6.50. The summed E-state index contributed by atoms with van der Waals surface area (Å²) in [6.07, 6.45) is -4.39. The van der Waals surface area contributed by atoms with Crippen molar-refractivity contribution in [1.29, 1.82) is 0 Å². The molecule has 1 heterocycles. The second-order valence-corrected chi connectivity index (χ2v) is 6.75. The van der Waals surface area contributed by atoms with Crippen molar-refractivity contribution in [3.63, 3.8) is 0 Å². The Morgan fingerprint density at radius 3 is 2.32 bits per heavy atom. The Bertz CT molecular complexity index is 951. The number of aryl methyl sites for hydroxylation is 1. The number of halogens is 5. The van der Waals surface area contributed by atoms with Gasteiger partial charge in [-0.3, -0.25) is 13.9 Å². The van der Waals surface area contributed by atoms with E-state index < -0.39 is 29.0 Å². The summed E-state index contributed by atoms with van der Waals surface area (Å²) in [5, 5.41) is -0.289. The van der Waals surface area contributed by atoms with Crippen LogP contribution in [0.2, 0.25) is 5.15 Å². The molecular weight excluding hydrogens is 384 g/mol. The van der Waals surface area contributed by atoms with Crippen LogP contribution in [0.25, 0.3) is 11.1 Å². The van der Waals surface area contributed by atoms with Crippen molar-refractivity contribution < 1.29 is 17.6 Å². The first-order valence-corrected chi connectivity index (χ1v) is 8.26. The van der Waals surface area contributed by atoms with Crippen molar-refractivity contribution in [2.45, 2.75) is 18.0 Å². The highest BCUT2D eigenvalue weighted by molar-refractivity contribution is 7.99. The molecule has 0 radical (unpaired) electrons. The Morgan fingerprint density at radius 2 is 1.76 bits per heavy atom. The highest BCUT2D eigenvalue weighted by atomic mass is 35.5. The minimum absolute atomic E-state index is 0.167. The lowest BCUT2D eigenvalue weighted by Gasteiger charge is -2.14. The first-order valence-electron chi connectivity index (χ1n) is 6.89. The number of rotatable bonds is 3. The standard InChI is InChI=1S/C15H13ClF4N2O2S/c1-7-4-9(17)8(5-10(7)25-6-15(18,19)20)11-12(16)21(2)14(24)22(3)13(11)23/h4-5H,6H2,1-3H3. The summed E-state index contributed by atoms with van der Waals surface area (Å²) in [7, 11) is 2.51.